The number of nitrogens with zero attached hydrogens (tertiary/aromatic N) is 1. The number of ketones is 1. The minimum atomic E-state index is -0.0904. The molecule has 0 radical (unpaired) electrons. The first kappa shape index (κ1) is 11.9. The van der Waals surface area contributed by atoms with Gasteiger partial charge in [-0.1, -0.05) is 30.3 Å². The molecule has 0 fully saturated rings. The van der Waals surface area contributed by atoms with Gasteiger partial charge in [0.15, 0.2) is 5.78 Å². The van der Waals surface area contributed by atoms with Crippen LogP contribution in [-0.4, -0.2) is 30.3 Å². The topological polar surface area (TPSA) is 20.3 Å². The predicted molar refractivity (Wildman–Crippen MR) is 63.2 cm³/mol. The molecule has 82 valence electrons. The van der Waals surface area contributed by atoms with Crippen LogP contribution in [0.15, 0.2) is 30.3 Å². The minimum absolute atomic E-state index is 0.0904. The van der Waals surface area contributed by atoms with Gasteiger partial charge in [-0.25, -0.2) is 0 Å². The van der Waals surface area contributed by atoms with Crippen LogP contribution in [0.4, 0.5) is 0 Å². The molecule has 0 saturated heterocycles. The maximum Gasteiger partial charge on any atom is 0.164 e. The van der Waals surface area contributed by atoms with Gasteiger partial charge in [0.2, 0.25) is 0 Å². The van der Waals surface area contributed by atoms with E-state index in [2.05, 4.69) is 18.7 Å². The molecule has 0 saturated carbocycles. The molecule has 2 nitrogen and oxygen atoms in total. The Morgan fingerprint density at radius 1 is 1.20 bits per heavy atom. The highest BCUT2D eigenvalue weighted by Crippen LogP contribution is 2.18. The summed E-state index contributed by atoms with van der Waals surface area (Å²) in [6, 6.07) is 9.46. The summed E-state index contributed by atoms with van der Waals surface area (Å²) in [5, 5.41) is 0. The summed E-state index contributed by atoms with van der Waals surface area (Å²) < 4.78 is 0. The molecule has 2 heteroatoms. The van der Waals surface area contributed by atoms with Gasteiger partial charge in [0.1, 0.15) is 0 Å². The van der Waals surface area contributed by atoms with Gasteiger partial charge in [0.25, 0.3) is 0 Å². The van der Waals surface area contributed by atoms with Gasteiger partial charge in [0.05, 0.1) is 0 Å². The molecule has 1 rings (SSSR count). The Balaban J connectivity index is 2.73. The maximum absolute atomic E-state index is 11.9. The fraction of sp³-hybridized carbons (Fsp3) is 0.462. The van der Waals surface area contributed by atoms with Crippen LogP contribution in [-0.2, 0) is 0 Å². The third kappa shape index (κ3) is 3.17. The Labute approximate surface area is 91.9 Å². The third-order valence-corrected chi connectivity index (χ3v) is 2.90. The van der Waals surface area contributed by atoms with Gasteiger partial charge in [-0.3, -0.25) is 4.79 Å². The van der Waals surface area contributed by atoms with Crippen molar-refractivity contribution in [3.8, 4) is 0 Å². The Hall–Kier alpha value is -1.15. The highest BCUT2D eigenvalue weighted by atomic mass is 16.1. The van der Waals surface area contributed by atoms with E-state index < -0.39 is 0 Å². The SMILES string of the molecule is CN(C)C(C)(C)CC(=O)c1ccccc1. The molecule has 0 unspecified atom stereocenters. The molecule has 15 heavy (non-hydrogen) atoms. The number of hydrogen-bond acceptors (Lipinski definition) is 2. The maximum atomic E-state index is 11.9. The molecule has 0 bridgehead atoms. The normalized spacial score (nSPS) is 11.8. The second kappa shape index (κ2) is 4.58. The summed E-state index contributed by atoms with van der Waals surface area (Å²) in [4.78, 5) is 14.0. The molecule has 0 heterocycles. The molecule has 0 aliphatic heterocycles. The van der Waals surface area contributed by atoms with Crippen LogP contribution in [0.5, 0.6) is 0 Å². The number of carbonyl (C=O) groups is 1. The molecule has 0 amide bonds. The summed E-state index contributed by atoms with van der Waals surface area (Å²) in [7, 11) is 4.00. The largest absolute Gasteiger partial charge is 0.304 e. The van der Waals surface area contributed by atoms with E-state index in [0.717, 1.165) is 5.56 Å². The van der Waals surface area contributed by atoms with Gasteiger partial charge >= 0.3 is 0 Å². The Kier molecular flexibility index (Phi) is 3.64. The first-order valence-corrected chi connectivity index (χ1v) is 5.19. The first-order chi connectivity index (χ1) is 6.93. The van der Waals surface area contributed by atoms with E-state index in [1.165, 1.54) is 0 Å². The highest BCUT2D eigenvalue weighted by Gasteiger charge is 2.24. The van der Waals surface area contributed by atoms with E-state index in [1.54, 1.807) is 0 Å². The summed E-state index contributed by atoms with van der Waals surface area (Å²) in [5.74, 6) is 0.203. The van der Waals surface area contributed by atoms with Crippen molar-refractivity contribution in [1.82, 2.24) is 4.90 Å². The van der Waals surface area contributed by atoms with Crippen molar-refractivity contribution in [2.24, 2.45) is 0 Å². The lowest BCUT2D eigenvalue weighted by Crippen LogP contribution is -2.40. The summed E-state index contributed by atoms with van der Waals surface area (Å²) >= 11 is 0. The van der Waals surface area contributed by atoms with E-state index in [9.17, 15) is 4.79 Å². The van der Waals surface area contributed by atoms with Crippen LogP contribution >= 0.6 is 0 Å². The van der Waals surface area contributed by atoms with Crippen molar-refractivity contribution >= 4 is 5.78 Å². The second-order valence-corrected chi connectivity index (χ2v) is 4.67. The highest BCUT2D eigenvalue weighted by molar-refractivity contribution is 5.96. The van der Waals surface area contributed by atoms with Gasteiger partial charge < -0.3 is 4.90 Å². The van der Waals surface area contributed by atoms with Gasteiger partial charge in [-0.05, 0) is 27.9 Å². The van der Waals surface area contributed by atoms with Crippen LogP contribution < -0.4 is 0 Å². The molecule has 0 aromatic heterocycles. The van der Waals surface area contributed by atoms with E-state index >= 15 is 0 Å². The zero-order chi connectivity index (χ0) is 11.5. The van der Waals surface area contributed by atoms with Crippen LogP contribution in [0.3, 0.4) is 0 Å². The number of Topliss-reactive ketones (excluding diaryl/α,β-unsaturated/α-hetero) is 1. The van der Waals surface area contributed by atoms with Crippen molar-refractivity contribution in [2.75, 3.05) is 14.1 Å². The summed E-state index contributed by atoms with van der Waals surface area (Å²) in [6.45, 7) is 4.15. The summed E-state index contributed by atoms with van der Waals surface area (Å²) in [6.07, 6.45) is 0.546. The minimum Gasteiger partial charge on any atom is -0.304 e. The number of benzene rings is 1. The van der Waals surface area contributed by atoms with E-state index in [0.29, 0.717) is 6.42 Å². The van der Waals surface area contributed by atoms with Crippen molar-refractivity contribution in [2.45, 2.75) is 25.8 Å². The fourth-order valence-electron chi connectivity index (χ4n) is 1.28. The molecular formula is C13H19NO. The second-order valence-electron chi connectivity index (χ2n) is 4.67. The van der Waals surface area contributed by atoms with E-state index in [4.69, 9.17) is 0 Å². The number of hydrogen-bond donors (Lipinski definition) is 0. The third-order valence-electron chi connectivity index (χ3n) is 2.90. The molecule has 0 spiro atoms. The molecule has 1 aromatic carbocycles. The Morgan fingerprint density at radius 3 is 2.20 bits per heavy atom. The average Bonchev–Trinajstić information content (AvgIpc) is 2.18. The molecule has 0 N–H and O–H groups in total. The smallest absolute Gasteiger partial charge is 0.164 e. The van der Waals surface area contributed by atoms with Crippen molar-refractivity contribution in [3.05, 3.63) is 35.9 Å². The summed E-state index contributed by atoms with van der Waals surface area (Å²) in [5.41, 5.74) is 0.708. The molecule has 1 aromatic rings. The quantitative estimate of drug-likeness (QED) is 0.704. The number of rotatable bonds is 4. The van der Waals surface area contributed by atoms with Crippen LogP contribution in [0, 0.1) is 0 Å². The van der Waals surface area contributed by atoms with E-state index in [-0.39, 0.29) is 11.3 Å². The van der Waals surface area contributed by atoms with Crippen LogP contribution in [0.25, 0.3) is 0 Å². The van der Waals surface area contributed by atoms with Gasteiger partial charge in [-0.15, -0.1) is 0 Å². The molecule has 0 atom stereocenters. The lowest BCUT2D eigenvalue weighted by Gasteiger charge is -2.31. The van der Waals surface area contributed by atoms with Gasteiger partial charge in [0, 0.05) is 17.5 Å². The zero-order valence-corrected chi connectivity index (χ0v) is 9.95. The zero-order valence-electron chi connectivity index (χ0n) is 9.95. The van der Waals surface area contributed by atoms with Crippen LogP contribution in [0.2, 0.25) is 0 Å². The van der Waals surface area contributed by atoms with Crippen molar-refractivity contribution in [1.29, 1.82) is 0 Å². The van der Waals surface area contributed by atoms with Crippen molar-refractivity contribution in [3.63, 3.8) is 0 Å². The predicted octanol–water partition coefficient (Wildman–Crippen LogP) is 2.60. The Morgan fingerprint density at radius 2 is 1.73 bits per heavy atom. The standard InChI is InChI=1S/C13H19NO/c1-13(2,14(3)4)10-12(15)11-8-6-5-7-9-11/h5-9H,10H2,1-4H3. The van der Waals surface area contributed by atoms with E-state index in [1.807, 2.05) is 44.4 Å². The lowest BCUT2D eigenvalue weighted by atomic mass is 9.93. The molecule has 0 aliphatic carbocycles. The lowest BCUT2D eigenvalue weighted by molar-refractivity contribution is 0.0884. The van der Waals surface area contributed by atoms with Crippen molar-refractivity contribution < 1.29 is 4.79 Å². The monoisotopic (exact) mass is 205 g/mol. The molecular weight excluding hydrogens is 186 g/mol. The van der Waals surface area contributed by atoms with Crippen LogP contribution in [0.1, 0.15) is 30.6 Å². The average molecular weight is 205 g/mol. The van der Waals surface area contributed by atoms with Gasteiger partial charge in [-0.2, -0.15) is 0 Å². The fourth-order valence-corrected chi connectivity index (χ4v) is 1.28. The Bertz CT molecular complexity index is 328. The molecule has 0 aliphatic rings. The number of carbonyl (C=O) groups excluding carboxylic acids is 1. The first-order valence-electron chi connectivity index (χ1n) is 5.19.